The lowest BCUT2D eigenvalue weighted by molar-refractivity contribution is -0.131. The van der Waals surface area contributed by atoms with Crippen molar-refractivity contribution in [2.45, 2.75) is 12.5 Å². The third-order valence-corrected chi connectivity index (χ3v) is 4.18. The number of carboxylic acid groups (broad SMARTS) is 1. The van der Waals surface area contributed by atoms with E-state index in [4.69, 9.17) is 9.84 Å². The number of urea groups is 1. The zero-order valence-corrected chi connectivity index (χ0v) is 16.2. The third kappa shape index (κ3) is 6.83. The molecule has 3 aromatic rings. The first-order valence-electron chi connectivity index (χ1n) is 9.44. The van der Waals surface area contributed by atoms with Gasteiger partial charge in [-0.15, -0.1) is 0 Å². The van der Waals surface area contributed by atoms with Crippen molar-refractivity contribution in [3.63, 3.8) is 0 Å². The van der Waals surface area contributed by atoms with E-state index in [1.165, 1.54) is 6.08 Å². The molecular weight excluding hydrogens is 380 g/mol. The highest BCUT2D eigenvalue weighted by atomic mass is 16.5. The highest BCUT2D eigenvalue weighted by Crippen LogP contribution is 2.22. The van der Waals surface area contributed by atoms with Crippen molar-refractivity contribution in [3.8, 4) is 11.5 Å². The Morgan fingerprint density at radius 1 is 0.867 bits per heavy atom. The zero-order chi connectivity index (χ0) is 21.2. The van der Waals surface area contributed by atoms with Gasteiger partial charge in [-0.25, -0.2) is 9.59 Å². The van der Waals surface area contributed by atoms with Crippen LogP contribution in [0.1, 0.15) is 5.56 Å². The summed E-state index contributed by atoms with van der Waals surface area (Å²) in [6.07, 6.45) is 2.97. The molecule has 6 nitrogen and oxygen atoms in total. The van der Waals surface area contributed by atoms with Gasteiger partial charge in [-0.1, -0.05) is 54.6 Å². The number of anilines is 1. The molecule has 0 fully saturated rings. The van der Waals surface area contributed by atoms with E-state index in [1.54, 1.807) is 24.3 Å². The van der Waals surface area contributed by atoms with Crippen LogP contribution >= 0.6 is 0 Å². The second-order valence-electron chi connectivity index (χ2n) is 6.53. The topological polar surface area (TPSA) is 87.7 Å². The standard InChI is InChI=1S/C24H22N2O4/c27-23(28)16-13-20(17-18-7-3-1-4-8-18)26-24(29)25-19-11-14-22(15-12-19)30-21-9-5-2-6-10-21/h1-16,20H,17H2,(H,27,28)(H2,25,26,29)/b16-13+/t20-/m1/s1. The molecule has 30 heavy (non-hydrogen) atoms. The Balaban J connectivity index is 1.59. The van der Waals surface area contributed by atoms with E-state index in [1.807, 2.05) is 60.7 Å². The molecule has 0 unspecified atom stereocenters. The van der Waals surface area contributed by atoms with Gasteiger partial charge in [0, 0.05) is 11.8 Å². The van der Waals surface area contributed by atoms with E-state index in [0.717, 1.165) is 17.4 Å². The highest BCUT2D eigenvalue weighted by molar-refractivity contribution is 5.89. The van der Waals surface area contributed by atoms with Crippen molar-refractivity contribution in [1.29, 1.82) is 0 Å². The molecule has 152 valence electrons. The number of hydrogen-bond donors (Lipinski definition) is 3. The molecule has 3 aromatic carbocycles. The smallest absolute Gasteiger partial charge is 0.328 e. The fourth-order valence-electron chi connectivity index (χ4n) is 2.80. The Labute approximate surface area is 174 Å². The summed E-state index contributed by atoms with van der Waals surface area (Å²) in [5, 5.41) is 14.4. The lowest BCUT2D eigenvalue weighted by atomic mass is 10.1. The molecule has 6 heteroatoms. The number of nitrogens with one attached hydrogen (secondary N) is 2. The number of rotatable bonds is 8. The van der Waals surface area contributed by atoms with E-state index >= 15 is 0 Å². The minimum Gasteiger partial charge on any atom is -0.478 e. The first-order valence-corrected chi connectivity index (χ1v) is 9.44. The molecule has 3 rings (SSSR count). The van der Waals surface area contributed by atoms with Gasteiger partial charge < -0.3 is 20.5 Å². The number of para-hydroxylation sites is 1. The molecule has 0 aliphatic rings. The average molecular weight is 402 g/mol. The Morgan fingerprint density at radius 3 is 2.10 bits per heavy atom. The summed E-state index contributed by atoms with van der Waals surface area (Å²) in [7, 11) is 0. The molecule has 0 aliphatic carbocycles. The van der Waals surface area contributed by atoms with E-state index in [9.17, 15) is 9.59 Å². The van der Waals surface area contributed by atoms with E-state index in [0.29, 0.717) is 17.9 Å². The van der Waals surface area contributed by atoms with Gasteiger partial charge in [0.25, 0.3) is 0 Å². The minimum absolute atomic E-state index is 0.428. The van der Waals surface area contributed by atoms with Crippen LogP contribution in [-0.2, 0) is 11.2 Å². The number of benzene rings is 3. The molecule has 0 aliphatic heterocycles. The van der Waals surface area contributed by atoms with E-state index in [-0.39, 0.29) is 0 Å². The number of aliphatic carboxylic acids is 1. The summed E-state index contributed by atoms with van der Waals surface area (Å²) < 4.78 is 5.73. The van der Waals surface area contributed by atoms with Gasteiger partial charge in [0.05, 0.1) is 6.04 Å². The second kappa shape index (κ2) is 10.5. The summed E-state index contributed by atoms with van der Waals surface area (Å²) in [6.45, 7) is 0. The normalized spacial score (nSPS) is 11.6. The second-order valence-corrected chi connectivity index (χ2v) is 6.53. The number of carbonyl (C=O) groups is 2. The first kappa shape index (κ1) is 20.7. The van der Waals surface area contributed by atoms with Crippen molar-refractivity contribution in [2.75, 3.05) is 5.32 Å². The summed E-state index contributed by atoms with van der Waals surface area (Å²) in [6, 6.07) is 25.0. The van der Waals surface area contributed by atoms with Crippen LogP contribution in [0, 0.1) is 0 Å². The van der Waals surface area contributed by atoms with E-state index < -0.39 is 18.0 Å². The van der Waals surface area contributed by atoms with Crippen LogP contribution in [0.5, 0.6) is 11.5 Å². The highest BCUT2D eigenvalue weighted by Gasteiger charge is 2.11. The summed E-state index contributed by atoms with van der Waals surface area (Å²) in [4.78, 5) is 23.3. The SMILES string of the molecule is O=C(O)/C=C/[C@H](Cc1ccccc1)NC(=O)Nc1ccc(Oc2ccccc2)cc1. The molecule has 0 bridgehead atoms. The lowest BCUT2D eigenvalue weighted by Crippen LogP contribution is -2.38. The van der Waals surface area contributed by atoms with Crippen molar-refractivity contribution >= 4 is 17.7 Å². The zero-order valence-electron chi connectivity index (χ0n) is 16.2. The third-order valence-electron chi connectivity index (χ3n) is 4.18. The van der Waals surface area contributed by atoms with Crippen LogP contribution in [0.4, 0.5) is 10.5 Å². The monoisotopic (exact) mass is 402 g/mol. The molecular formula is C24H22N2O4. The predicted molar refractivity (Wildman–Crippen MR) is 116 cm³/mol. The van der Waals surface area contributed by atoms with Crippen LogP contribution in [0.2, 0.25) is 0 Å². The Bertz CT molecular complexity index is 987. The van der Waals surface area contributed by atoms with Crippen molar-refractivity contribution in [2.24, 2.45) is 0 Å². The number of carboxylic acids is 1. The van der Waals surface area contributed by atoms with Gasteiger partial charge in [-0.05, 0) is 48.4 Å². The number of amides is 2. The van der Waals surface area contributed by atoms with Crippen LogP contribution in [0.3, 0.4) is 0 Å². The lowest BCUT2D eigenvalue weighted by Gasteiger charge is -2.16. The maximum atomic E-state index is 12.4. The van der Waals surface area contributed by atoms with Gasteiger partial charge >= 0.3 is 12.0 Å². The summed E-state index contributed by atoms with van der Waals surface area (Å²) >= 11 is 0. The van der Waals surface area contributed by atoms with Crippen molar-refractivity contribution in [1.82, 2.24) is 5.32 Å². The maximum Gasteiger partial charge on any atom is 0.328 e. The number of carbonyl (C=O) groups excluding carboxylic acids is 1. The molecule has 0 heterocycles. The molecule has 2 amide bonds. The van der Waals surface area contributed by atoms with Gasteiger partial charge in [0.1, 0.15) is 11.5 Å². The van der Waals surface area contributed by atoms with Crippen LogP contribution in [-0.4, -0.2) is 23.1 Å². The van der Waals surface area contributed by atoms with Gasteiger partial charge in [-0.2, -0.15) is 0 Å². The fourth-order valence-corrected chi connectivity index (χ4v) is 2.80. The number of ether oxygens (including phenoxy) is 1. The first-order chi connectivity index (χ1) is 14.6. The molecule has 1 atom stereocenters. The molecule has 0 saturated heterocycles. The summed E-state index contributed by atoms with van der Waals surface area (Å²) in [5.41, 5.74) is 1.58. The van der Waals surface area contributed by atoms with Gasteiger partial charge in [-0.3, -0.25) is 0 Å². The van der Waals surface area contributed by atoms with Gasteiger partial charge in [0.2, 0.25) is 0 Å². The van der Waals surface area contributed by atoms with E-state index in [2.05, 4.69) is 10.6 Å². The summed E-state index contributed by atoms with van der Waals surface area (Å²) in [5.74, 6) is 0.313. The maximum absolute atomic E-state index is 12.4. The van der Waals surface area contributed by atoms with Crippen LogP contribution in [0.25, 0.3) is 0 Å². The molecule has 3 N–H and O–H groups in total. The van der Waals surface area contributed by atoms with Crippen LogP contribution < -0.4 is 15.4 Å². The molecule has 0 radical (unpaired) electrons. The quantitative estimate of drug-likeness (QED) is 0.470. The van der Waals surface area contributed by atoms with Crippen molar-refractivity contribution < 1.29 is 19.4 Å². The number of hydrogen-bond acceptors (Lipinski definition) is 3. The molecule has 0 aromatic heterocycles. The fraction of sp³-hybridized carbons (Fsp3) is 0.0833. The predicted octanol–water partition coefficient (Wildman–Crippen LogP) is 4.85. The Hall–Kier alpha value is -4.06. The minimum atomic E-state index is -1.07. The largest absolute Gasteiger partial charge is 0.478 e. The van der Waals surface area contributed by atoms with Gasteiger partial charge in [0.15, 0.2) is 0 Å². The molecule has 0 spiro atoms. The Kier molecular flexibility index (Phi) is 7.22. The van der Waals surface area contributed by atoms with Crippen molar-refractivity contribution in [3.05, 3.63) is 103 Å². The Morgan fingerprint density at radius 2 is 1.47 bits per heavy atom. The average Bonchev–Trinajstić information content (AvgIpc) is 2.75. The van der Waals surface area contributed by atoms with Crippen LogP contribution in [0.15, 0.2) is 97.1 Å². The molecule has 0 saturated carbocycles.